The fraction of sp³-hybridized carbons (Fsp3) is 0.250. The van der Waals surface area contributed by atoms with Gasteiger partial charge in [0.1, 0.15) is 35.0 Å². The third-order valence-electron chi connectivity index (χ3n) is 5.70. The molecule has 4 aromatic rings. The number of carbonyl (C=O) groups is 3. The molecule has 10 nitrogen and oxygen atoms in total. The number of ether oxygens (including phenoxy) is 2. The Labute approximate surface area is 224 Å². The lowest BCUT2D eigenvalue weighted by Crippen LogP contribution is -2.37. The molecular formula is C28H28FN5O5. The number of anilines is 1. The van der Waals surface area contributed by atoms with Crippen LogP contribution in [-0.2, 0) is 21.3 Å². The number of carbonyl (C=O) groups excluding carboxylic acids is 3. The molecule has 0 atom stereocenters. The van der Waals surface area contributed by atoms with Gasteiger partial charge in [-0.15, -0.1) is 0 Å². The summed E-state index contributed by atoms with van der Waals surface area (Å²) in [6.07, 6.45) is 2.52. The van der Waals surface area contributed by atoms with E-state index in [0.717, 1.165) is 22.4 Å². The number of aromatic nitrogens is 3. The Balaban J connectivity index is 1.82. The zero-order valence-corrected chi connectivity index (χ0v) is 22.2. The number of halogens is 1. The van der Waals surface area contributed by atoms with E-state index >= 15 is 0 Å². The Bertz CT molecular complexity index is 1540. The van der Waals surface area contributed by atoms with Crippen LogP contribution in [0.15, 0.2) is 54.9 Å². The molecule has 2 amide bonds. The third kappa shape index (κ3) is 6.03. The quantitative estimate of drug-likeness (QED) is 0.345. The number of hydrogen-bond acceptors (Lipinski definition) is 7. The first kappa shape index (κ1) is 27.2. The Kier molecular flexibility index (Phi) is 7.61. The lowest BCUT2D eigenvalue weighted by molar-refractivity contribution is -0.115. The van der Waals surface area contributed by atoms with Gasteiger partial charge in [0.05, 0.1) is 12.8 Å². The van der Waals surface area contributed by atoms with Crippen LogP contribution in [0.1, 0.15) is 31.1 Å². The normalized spacial score (nSPS) is 11.2. The number of esters is 1. The van der Waals surface area contributed by atoms with E-state index in [-0.39, 0.29) is 17.2 Å². The molecule has 39 heavy (non-hydrogen) atoms. The van der Waals surface area contributed by atoms with Crippen LogP contribution < -0.4 is 10.6 Å². The standard InChI is InChI=1S/C28H28FN5O5/c1-28(2,3)39-27(37)31-15-21(35)32-24-20(26(36)38-5)14-19-22(16-10-12-30-13-11-16)23(34(4)25(19)33-24)17-6-8-18(29)9-7-17/h6-14H,15H2,1-5H3,(H,31,37)(H,32,33,35). The van der Waals surface area contributed by atoms with Crippen LogP contribution in [0.25, 0.3) is 33.4 Å². The highest BCUT2D eigenvalue weighted by atomic mass is 19.1. The first-order valence-corrected chi connectivity index (χ1v) is 12.0. The van der Waals surface area contributed by atoms with Crippen molar-refractivity contribution in [3.8, 4) is 22.4 Å². The van der Waals surface area contributed by atoms with Gasteiger partial charge in [-0.25, -0.2) is 19.0 Å². The van der Waals surface area contributed by atoms with Crippen molar-refractivity contribution in [3.63, 3.8) is 0 Å². The number of hydrogen-bond donors (Lipinski definition) is 2. The van der Waals surface area contributed by atoms with E-state index in [4.69, 9.17) is 9.47 Å². The smallest absolute Gasteiger partial charge is 0.408 e. The SMILES string of the molecule is COC(=O)c1cc2c(-c3ccncc3)c(-c3ccc(F)cc3)n(C)c2nc1NC(=O)CNC(=O)OC(C)(C)C. The number of nitrogens with one attached hydrogen (secondary N) is 2. The summed E-state index contributed by atoms with van der Waals surface area (Å²) in [7, 11) is 3.01. The van der Waals surface area contributed by atoms with Crippen molar-refractivity contribution < 1.29 is 28.2 Å². The van der Waals surface area contributed by atoms with E-state index in [2.05, 4.69) is 20.6 Å². The summed E-state index contributed by atoms with van der Waals surface area (Å²) in [5, 5.41) is 5.56. The largest absolute Gasteiger partial charge is 0.465 e. The van der Waals surface area contributed by atoms with E-state index < -0.39 is 30.1 Å². The van der Waals surface area contributed by atoms with Crippen molar-refractivity contribution in [2.75, 3.05) is 19.0 Å². The van der Waals surface area contributed by atoms with Gasteiger partial charge in [-0.2, -0.15) is 0 Å². The van der Waals surface area contributed by atoms with E-state index in [1.165, 1.54) is 19.2 Å². The maximum absolute atomic E-state index is 13.7. The Morgan fingerprint density at radius 3 is 2.31 bits per heavy atom. The van der Waals surface area contributed by atoms with Crippen LogP contribution >= 0.6 is 0 Å². The van der Waals surface area contributed by atoms with E-state index in [9.17, 15) is 18.8 Å². The number of fused-ring (bicyclic) bond motifs is 1. The summed E-state index contributed by atoms with van der Waals surface area (Å²) >= 11 is 0. The van der Waals surface area contributed by atoms with Crippen molar-refractivity contribution in [3.05, 3.63) is 66.2 Å². The molecule has 0 unspecified atom stereocenters. The van der Waals surface area contributed by atoms with Crippen LogP contribution in [0.4, 0.5) is 15.0 Å². The molecule has 2 N–H and O–H groups in total. The predicted octanol–water partition coefficient (Wildman–Crippen LogP) is 4.69. The first-order chi connectivity index (χ1) is 18.5. The molecule has 0 spiro atoms. The number of amides is 2. The van der Waals surface area contributed by atoms with Crippen LogP contribution in [0, 0.1) is 5.82 Å². The average Bonchev–Trinajstić information content (AvgIpc) is 3.18. The number of pyridine rings is 2. The Hall–Kier alpha value is -4.80. The molecule has 0 saturated heterocycles. The van der Waals surface area contributed by atoms with Gasteiger partial charge in [0.15, 0.2) is 0 Å². The van der Waals surface area contributed by atoms with Crippen molar-refractivity contribution in [1.29, 1.82) is 0 Å². The average molecular weight is 534 g/mol. The summed E-state index contributed by atoms with van der Waals surface area (Å²) in [5.41, 5.74) is 2.71. The van der Waals surface area contributed by atoms with Crippen LogP contribution in [0.5, 0.6) is 0 Å². The molecular weight excluding hydrogens is 505 g/mol. The summed E-state index contributed by atoms with van der Waals surface area (Å²) in [6, 6.07) is 11.3. The van der Waals surface area contributed by atoms with Gasteiger partial charge in [-0.1, -0.05) is 0 Å². The predicted molar refractivity (Wildman–Crippen MR) is 144 cm³/mol. The minimum atomic E-state index is -0.761. The minimum absolute atomic E-state index is 0.0159. The third-order valence-corrected chi connectivity index (χ3v) is 5.70. The zero-order valence-electron chi connectivity index (χ0n) is 22.2. The van der Waals surface area contributed by atoms with Gasteiger partial charge in [0.25, 0.3) is 0 Å². The number of methoxy groups -OCH3 is 1. The molecule has 0 fully saturated rings. The second-order valence-corrected chi connectivity index (χ2v) is 9.68. The van der Waals surface area contributed by atoms with Gasteiger partial charge < -0.3 is 24.7 Å². The lowest BCUT2D eigenvalue weighted by Gasteiger charge is -2.19. The van der Waals surface area contributed by atoms with Gasteiger partial charge in [-0.05, 0) is 74.4 Å². The highest BCUT2D eigenvalue weighted by Gasteiger charge is 2.25. The van der Waals surface area contributed by atoms with Crippen LogP contribution in [0.2, 0.25) is 0 Å². The molecule has 0 aliphatic carbocycles. The molecule has 4 rings (SSSR count). The van der Waals surface area contributed by atoms with Gasteiger partial charge >= 0.3 is 12.1 Å². The zero-order chi connectivity index (χ0) is 28.3. The van der Waals surface area contributed by atoms with E-state index in [1.54, 1.807) is 63.0 Å². The molecule has 1 aromatic carbocycles. The minimum Gasteiger partial charge on any atom is -0.465 e. The molecule has 11 heteroatoms. The van der Waals surface area contributed by atoms with Crippen molar-refractivity contribution in [2.24, 2.45) is 7.05 Å². The Morgan fingerprint density at radius 2 is 1.69 bits per heavy atom. The first-order valence-electron chi connectivity index (χ1n) is 12.0. The molecule has 0 aliphatic rings. The molecule has 3 heterocycles. The molecule has 202 valence electrons. The number of rotatable bonds is 6. The monoisotopic (exact) mass is 533 g/mol. The summed E-state index contributed by atoms with van der Waals surface area (Å²) < 4.78 is 25.6. The summed E-state index contributed by atoms with van der Waals surface area (Å²) in [4.78, 5) is 46.1. The number of aryl methyl sites for hydroxylation is 1. The second-order valence-electron chi connectivity index (χ2n) is 9.68. The maximum Gasteiger partial charge on any atom is 0.408 e. The van der Waals surface area contributed by atoms with Crippen molar-refractivity contribution in [1.82, 2.24) is 19.9 Å². The van der Waals surface area contributed by atoms with Gasteiger partial charge in [-0.3, -0.25) is 9.78 Å². The number of nitrogens with zero attached hydrogens (tertiary/aromatic N) is 3. The number of benzene rings is 1. The van der Waals surface area contributed by atoms with Crippen molar-refractivity contribution in [2.45, 2.75) is 26.4 Å². The maximum atomic E-state index is 13.7. The number of alkyl carbamates (subject to hydrolysis) is 1. The summed E-state index contributed by atoms with van der Waals surface area (Å²) in [6.45, 7) is 4.70. The molecule has 0 radical (unpaired) electrons. The molecule has 0 saturated carbocycles. The highest BCUT2D eigenvalue weighted by Crippen LogP contribution is 2.41. The second kappa shape index (κ2) is 10.9. The molecule has 3 aromatic heterocycles. The molecule has 0 aliphatic heterocycles. The van der Waals surface area contributed by atoms with Crippen molar-refractivity contribution >= 4 is 34.8 Å². The van der Waals surface area contributed by atoms with Crippen LogP contribution in [0.3, 0.4) is 0 Å². The Morgan fingerprint density at radius 1 is 1.03 bits per heavy atom. The van der Waals surface area contributed by atoms with Crippen LogP contribution in [-0.4, -0.2) is 51.8 Å². The fourth-order valence-electron chi connectivity index (χ4n) is 4.10. The molecule has 0 bridgehead atoms. The topological polar surface area (TPSA) is 124 Å². The lowest BCUT2D eigenvalue weighted by atomic mass is 9.99. The van der Waals surface area contributed by atoms with E-state index in [1.807, 2.05) is 12.1 Å². The van der Waals surface area contributed by atoms with Gasteiger partial charge in [0.2, 0.25) is 5.91 Å². The van der Waals surface area contributed by atoms with E-state index in [0.29, 0.717) is 11.0 Å². The fourth-order valence-corrected chi connectivity index (χ4v) is 4.10. The highest BCUT2D eigenvalue weighted by molar-refractivity contribution is 6.09. The summed E-state index contributed by atoms with van der Waals surface area (Å²) in [5.74, 6) is -1.76. The van der Waals surface area contributed by atoms with Gasteiger partial charge in [0, 0.05) is 30.4 Å².